The lowest BCUT2D eigenvalue weighted by Crippen LogP contribution is -2.30. The fourth-order valence-corrected chi connectivity index (χ4v) is 3.67. The predicted octanol–water partition coefficient (Wildman–Crippen LogP) is 4.45. The Morgan fingerprint density at radius 3 is 2.72 bits per heavy atom. The van der Waals surface area contributed by atoms with Gasteiger partial charge < -0.3 is 5.32 Å². The Balaban J connectivity index is 2.12. The van der Waals surface area contributed by atoms with E-state index in [4.69, 9.17) is 0 Å². The molecule has 0 radical (unpaired) electrons. The van der Waals surface area contributed by atoms with Gasteiger partial charge in [0.15, 0.2) is 5.17 Å². The Kier molecular flexibility index (Phi) is 7.80. The number of aliphatic imine (C=N–C) groups is 1. The molecule has 0 amide bonds. The van der Waals surface area contributed by atoms with Crippen molar-refractivity contribution in [2.75, 3.05) is 6.54 Å². The van der Waals surface area contributed by atoms with Crippen LogP contribution in [0.3, 0.4) is 0 Å². The van der Waals surface area contributed by atoms with Crippen molar-refractivity contribution >= 4 is 16.9 Å². The molecule has 2 atom stereocenters. The molecule has 0 aromatic carbocycles. The molecule has 0 saturated heterocycles. The van der Waals surface area contributed by atoms with Crippen molar-refractivity contribution in [2.45, 2.75) is 77.5 Å². The van der Waals surface area contributed by atoms with Crippen molar-refractivity contribution in [1.29, 1.82) is 0 Å². The zero-order chi connectivity index (χ0) is 13.4. The first-order valence-electron chi connectivity index (χ1n) is 7.59. The standard InChI is InChI=1S/C15H30N2S/c1-5-6-7-8-9-13(4)17-15-16-11-14(18-15)10-12(2)3/h12-14H,5-11H2,1-4H3,(H,16,17). The van der Waals surface area contributed by atoms with E-state index in [1.807, 2.05) is 11.8 Å². The Morgan fingerprint density at radius 1 is 1.28 bits per heavy atom. The third-order valence-corrected chi connectivity index (χ3v) is 4.46. The normalized spacial score (nSPS) is 21.2. The zero-order valence-electron chi connectivity index (χ0n) is 12.5. The molecule has 0 bridgehead atoms. The maximum Gasteiger partial charge on any atom is 0.157 e. The summed E-state index contributed by atoms with van der Waals surface area (Å²) in [6.07, 6.45) is 7.96. The second kappa shape index (κ2) is 8.84. The summed E-state index contributed by atoms with van der Waals surface area (Å²) in [6, 6.07) is 0.575. The van der Waals surface area contributed by atoms with Crippen LogP contribution in [0.25, 0.3) is 0 Å². The van der Waals surface area contributed by atoms with E-state index in [-0.39, 0.29) is 0 Å². The van der Waals surface area contributed by atoms with Crippen molar-refractivity contribution in [2.24, 2.45) is 10.9 Å². The lowest BCUT2D eigenvalue weighted by atomic mass is 10.1. The SMILES string of the molecule is CCCCCCC(C)NC1=NCC(CC(C)C)S1. The number of nitrogens with zero attached hydrogens (tertiary/aromatic N) is 1. The predicted molar refractivity (Wildman–Crippen MR) is 84.5 cm³/mol. The summed E-state index contributed by atoms with van der Waals surface area (Å²) < 4.78 is 0. The van der Waals surface area contributed by atoms with Gasteiger partial charge in [0.05, 0.1) is 6.54 Å². The van der Waals surface area contributed by atoms with Gasteiger partial charge in [0.1, 0.15) is 0 Å². The Morgan fingerprint density at radius 2 is 2.06 bits per heavy atom. The summed E-state index contributed by atoms with van der Waals surface area (Å²) in [5.41, 5.74) is 0. The molecule has 0 saturated carbocycles. The Bertz CT molecular complexity index is 251. The molecule has 2 unspecified atom stereocenters. The summed E-state index contributed by atoms with van der Waals surface area (Å²) in [7, 11) is 0. The van der Waals surface area contributed by atoms with Crippen LogP contribution in [-0.4, -0.2) is 23.0 Å². The maximum absolute atomic E-state index is 4.62. The van der Waals surface area contributed by atoms with Crippen LogP contribution < -0.4 is 5.32 Å². The van der Waals surface area contributed by atoms with Gasteiger partial charge in [0.25, 0.3) is 0 Å². The molecule has 0 fully saturated rings. The molecular weight excluding hydrogens is 240 g/mol. The first kappa shape index (κ1) is 15.9. The van der Waals surface area contributed by atoms with Gasteiger partial charge in [-0.2, -0.15) is 0 Å². The van der Waals surface area contributed by atoms with Gasteiger partial charge >= 0.3 is 0 Å². The molecule has 3 heteroatoms. The van der Waals surface area contributed by atoms with Crippen molar-refractivity contribution in [3.05, 3.63) is 0 Å². The topological polar surface area (TPSA) is 24.4 Å². The molecule has 1 aliphatic rings. The summed E-state index contributed by atoms with van der Waals surface area (Å²) in [4.78, 5) is 4.62. The smallest absolute Gasteiger partial charge is 0.157 e. The van der Waals surface area contributed by atoms with Crippen molar-refractivity contribution < 1.29 is 0 Å². The van der Waals surface area contributed by atoms with Crippen LogP contribution in [0.1, 0.15) is 66.2 Å². The molecule has 0 aliphatic carbocycles. The number of rotatable bonds is 8. The van der Waals surface area contributed by atoms with Gasteiger partial charge in [-0.05, 0) is 25.7 Å². The van der Waals surface area contributed by atoms with Gasteiger partial charge in [-0.25, -0.2) is 0 Å². The maximum atomic E-state index is 4.62. The summed E-state index contributed by atoms with van der Waals surface area (Å²) in [5, 5.41) is 5.46. The van der Waals surface area contributed by atoms with Gasteiger partial charge in [-0.15, -0.1) is 0 Å². The van der Waals surface area contributed by atoms with Crippen LogP contribution >= 0.6 is 11.8 Å². The number of hydrogen-bond donors (Lipinski definition) is 1. The van der Waals surface area contributed by atoms with Crippen LogP contribution in [0, 0.1) is 5.92 Å². The first-order chi connectivity index (χ1) is 8.61. The molecule has 1 rings (SSSR count). The van der Waals surface area contributed by atoms with Crippen molar-refractivity contribution in [1.82, 2.24) is 5.32 Å². The van der Waals surface area contributed by atoms with Gasteiger partial charge in [-0.3, -0.25) is 4.99 Å². The molecule has 2 nitrogen and oxygen atoms in total. The Hall–Kier alpha value is -0.180. The van der Waals surface area contributed by atoms with Crippen LogP contribution in [0.2, 0.25) is 0 Å². The minimum absolute atomic E-state index is 0.575. The number of amidine groups is 1. The van der Waals surface area contributed by atoms with Crippen LogP contribution in [-0.2, 0) is 0 Å². The zero-order valence-corrected chi connectivity index (χ0v) is 13.4. The minimum atomic E-state index is 0.575. The number of nitrogens with one attached hydrogen (secondary N) is 1. The minimum Gasteiger partial charge on any atom is -0.362 e. The summed E-state index contributed by atoms with van der Waals surface area (Å²) in [6.45, 7) is 10.1. The number of unbranched alkanes of at least 4 members (excludes halogenated alkanes) is 3. The fraction of sp³-hybridized carbons (Fsp3) is 0.933. The highest BCUT2D eigenvalue weighted by molar-refractivity contribution is 8.14. The highest BCUT2D eigenvalue weighted by atomic mass is 32.2. The molecule has 0 aromatic rings. The second-order valence-corrected chi connectivity index (χ2v) is 7.20. The third kappa shape index (κ3) is 6.67. The third-order valence-electron chi connectivity index (χ3n) is 3.31. The fourth-order valence-electron chi connectivity index (χ4n) is 2.31. The van der Waals surface area contributed by atoms with E-state index < -0.39 is 0 Å². The van der Waals surface area contributed by atoms with E-state index in [9.17, 15) is 0 Å². The molecule has 106 valence electrons. The van der Waals surface area contributed by atoms with E-state index >= 15 is 0 Å². The van der Waals surface area contributed by atoms with Crippen LogP contribution in [0.5, 0.6) is 0 Å². The van der Waals surface area contributed by atoms with Gasteiger partial charge in [0, 0.05) is 11.3 Å². The van der Waals surface area contributed by atoms with Crippen molar-refractivity contribution in [3.63, 3.8) is 0 Å². The summed E-state index contributed by atoms with van der Waals surface area (Å²) >= 11 is 1.95. The van der Waals surface area contributed by atoms with E-state index in [1.165, 1.54) is 43.7 Å². The van der Waals surface area contributed by atoms with E-state index in [0.29, 0.717) is 11.3 Å². The quantitative estimate of drug-likeness (QED) is 0.659. The molecule has 1 heterocycles. The molecule has 1 N–H and O–H groups in total. The number of hydrogen-bond acceptors (Lipinski definition) is 3. The largest absolute Gasteiger partial charge is 0.362 e. The van der Waals surface area contributed by atoms with Gasteiger partial charge in [0.2, 0.25) is 0 Å². The Labute approximate surface area is 117 Å². The summed E-state index contributed by atoms with van der Waals surface area (Å²) in [5.74, 6) is 0.781. The molecule has 1 aliphatic heterocycles. The van der Waals surface area contributed by atoms with Crippen LogP contribution in [0.15, 0.2) is 4.99 Å². The van der Waals surface area contributed by atoms with Gasteiger partial charge in [-0.1, -0.05) is 58.2 Å². The molecular formula is C15H30N2S. The molecule has 18 heavy (non-hydrogen) atoms. The highest BCUT2D eigenvalue weighted by Crippen LogP contribution is 2.25. The van der Waals surface area contributed by atoms with Crippen LogP contribution in [0.4, 0.5) is 0 Å². The number of thioether (sulfide) groups is 1. The first-order valence-corrected chi connectivity index (χ1v) is 8.47. The lowest BCUT2D eigenvalue weighted by molar-refractivity contribution is 0.545. The van der Waals surface area contributed by atoms with E-state index in [1.54, 1.807) is 0 Å². The van der Waals surface area contributed by atoms with E-state index in [0.717, 1.165) is 12.5 Å². The monoisotopic (exact) mass is 270 g/mol. The average Bonchev–Trinajstić information content (AvgIpc) is 2.71. The van der Waals surface area contributed by atoms with Crippen molar-refractivity contribution in [3.8, 4) is 0 Å². The molecule has 0 spiro atoms. The van der Waals surface area contributed by atoms with E-state index in [2.05, 4.69) is 38.0 Å². The second-order valence-electron chi connectivity index (χ2n) is 5.91. The highest BCUT2D eigenvalue weighted by Gasteiger charge is 2.21. The molecule has 0 aromatic heterocycles. The lowest BCUT2D eigenvalue weighted by Gasteiger charge is -2.15. The average molecular weight is 270 g/mol.